The van der Waals surface area contributed by atoms with Crippen LogP contribution in [-0.2, 0) is 28.1 Å². The van der Waals surface area contributed by atoms with Crippen molar-refractivity contribution in [2.45, 2.75) is 50.7 Å². The maximum atomic E-state index is 13.6. The number of hydrogen-bond acceptors (Lipinski definition) is 5. The zero-order chi connectivity index (χ0) is 27.2. The van der Waals surface area contributed by atoms with Gasteiger partial charge in [-0.25, -0.2) is 4.57 Å². The van der Waals surface area contributed by atoms with Gasteiger partial charge in [0, 0.05) is 5.54 Å². The molecular weight excluding hydrogens is 519 g/mol. The van der Waals surface area contributed by atoms with E-state index in [9.17, 15) is 30.9 Å². The van der Waals surface area contributed by atoms with Gasteiger partial charge in [-0.1, -0.05) is 18.2 Å². The average molecular weight is 545 g/mol. The van der Waals surface area contributed by atoms with Crippen molar-refractivity contribution in [1.29, 1.82) is 0 Å². The fourth-order valence-electron chi connectivity index (χ4n) is 3.17. The van der Waals surface area contributed by atoms with Crippen molar-refractivity contribution in [3.63, 3.8) is 0 Å². The van der Waals surface area contributed by atoms with Crippen LogP contribution in [0.1, 0.15) is 36.5 Å². The van der Waals surface area contributed by atoms with Gasteiger partial charge >= 0.3 is 20.4 Å². The summed E-state index contributed by atoms with van der Waals surface area (Å²) in [6.45, 7) is 0.846. The van der Waals surface area contributed by atoms with Crippen molar-refractivity contribution >= 4 is 7.82 Å². The number of phosphoric acid groups is 1. The van der Waals surface area contributed by atoms with Crippen LogP contribution in [0.25, 0.3) is 0 Å². The van der Waals surface area contributed by atoms with Crippen LogP contribution >= 0.6 is 7.82 Å². The quantitative estimate of drug-likeness (QED) is 0.187. The highest BCUT2D eigenvalue weighted by atomic mass is 31.2. The van der Waals surface area contributed by atoms with E-state index in [1.54, 1.807) is 6.07 Å². The molecule has 2 aromatic rings. The van der Waals surface area contributed by atoms with Crippen molar-refractivity contribution in [3.8, 4) is 11.5 Å². The van der Waals surface area contributed by atoms with Crippen molar-refractivity contribution in [2.75, 3.05) is 13.2 Å². The lowest BCUT2D eigenvalue weighted by atomic mass is 9.94. The third kappa shape index (κ3) is 11.2. The Labute approximate surface area is 203 Å². The first-order chi connectivity index (χ1) is 16.4. The van der Waals surface area contributed by atoms with Crippen LogP contribution in [0.3, 0.4) is 0 Å². The normalized spacial score (nSPS) is 14.4. The first-order valence-corrected chi connectivity index (χ1v) is 12.1. The molecule has 2 aromatic carbocycles. The zero-order valence-electron chi connectivity index (χ0n) is 19.1. The van der Waals surface area contributed by atoms with Crippen LogP contribution < -0.4 is 15.2 Å². The Kier molecular flexibility index (Phi) is 9.83. The molecule has 36 heavy (non-hydrogen) atoms. The smallest absolute Gasteiger partial charge is 0.493 e. The standard InChI is InChI=1S/C22H26F6NO6P/c1-20(29,14-34-36(30,31)32)10-9-16-7-8-19(18(13-16)21(23,24)25)33-11-3-5-15-4-2-6-17(12-15)35-22(26,27)28/h2,4,6-8,12-13H,3,5,9-11,14,29H2,1H3,(H2,30,31,32). The van der Waals surface area contributed by atoms with Gasteiger partial charge in [0.1, 0.15) is 11.5 Å². The number of benzene rings is 2. The minimum absolute atomic E-state index is 0.0806. The summed E-state index contributed by atoms with van der Waals surface area (Å²) in [6.07, 6.45) is -8.90. The molecule has 0 spiro atoms. The Morgan fingerprint density at radius 3 is 2.25 bits per heavy atom. The molecule has 0 aromatic heterocycles. The highest BCUT2D eigenvalue weighted by Gasteiger charge is 2.35. The minimum Gasteiger partial charge on any atom is -0.493 e. The van der Waals surface area contributed by atoms with E-state index in [0.717, 1.165) is 18.2 Å². The largest absolute Gasteiger partial charge is 0.573 e. The van der Waals surface area contributed by atoms with Crippen LogP contribution in [-0.4, -0.2) is 34.9 Å². The van der Waals surface area contributed by atoms with Crippen molar-refractivity contribution < 1.29 is 54.7 Å². The Hall–Kier alpha value is -2.31. The second kappa shape index (κ2) is 11.8. The lowest BCUT2D eigenvalue weighted by Gasteiger charge is -2.24. The van der Waals surface area contributed by atoms with Crippen molar-refractivity contribution in [2.24, 2.45) is 5.73 Å². The number of alkyl halides is 6. The van der Waals surface area contributed by atoms with Crippen LogP contribution in [0.5, 0.6) is 11.5 Å². The van der Waals surface area contributed by atoms with Gasteiger partial charge in [0.25, 0.3) is 0 Å². The second-order valence-corrected chi connectivity index (χ2v) is 9.63. The van der Waals surface area contributed by atoms with Gasteiger partial charge in [-0.3, -0.25) is 4.52 Å². The van der Waals surface area contributed by atoms with Crippen LogP contribution in [0.15, 0.2) is 42.5 Å². The Morgan fingerprint density at radius 2 is 1.64 bits per heavy atom. The molecule has 0 aliphatic carbocycles. The Balaban J connectivity index is 1.98. The number of rotatable bonds is 12. The second-order valence-electron chi connectivity index (χ2n) is 8.39. The zero-order valence-corrected chi connectivity index (χ0v) is 20.0. The molecule has 0 heterocycles. The summed E-state index contributed by atoms with van der Waals surface area (Å²) in [5, 5.41) is 0. The minimum atomic E-state index is -4.83. The predicted octanol–water partition coefficient (Wildman–Crippen LogP) is 5.37. The number of halogens is 6. The molecular formula is C22H26F6NO6P. The molecule has 0 fully saturated rings. The number of nitrogens with two attached hydrogens (primary N) is 1. The molecule has 0 saturated carbocycles. The summed E-state index contributed by atoms with van der Waals surface area (Å²) in [7, 11) is -4.74. The molecule has 7 nitrogen and oxygen atoms in total. The molecule has 1 unspecified atom stereocenters. The van der Waals surface area contributed by atoms with Gasteiger partial charge in [0.2, 0.25) is 0 Å². The number of aryl methyl sites for hydroxylation is 2. The predicted molar refractivity (Wildman–Crippen MR) is 117 cm³/mol. The lowest BCUT2D eigenvalue weighted by molar-refractivity contribution is -0.274. The third-order valence-electron chi connectivity index (χ3n) is 4.90. The van der Waals surface area contributed by atoms with E-state index < -0.39 is 49.6 Å². The fourth-order valence-corrected chi connectivity index (χ4v) is 3.63. The van der Waals surface area contributed by atoms with E-state index in [-0.39, 0.29) is 37.9 Å². The van der Waals surface area contributed by atoms with Crippen molar-refractivity contribution in [1.82, 2.24) is 0 Å². The Bertz CT molecular complexity index is 1050. The van der Waals surface area contributed by atoms with Gasteiger partial charge in [0.15, 0.2) is 0 Å². The molecule has 1 atom stereocenters. The molecule has 202 valence electrons. The monoisotopic (exact) mass is 545 g/mol. The van der Waals surface area contributed by atoms with E-state index in [2.05, 4.69) is 9.26 Å². The lowest BCUT2D eigenvalue weighted by Crippen LogP contribution is -2.41. The third-order valence-corrected chi connectivity index (χ3v) is 5.36. The number of ether oxygens (including phenoxy) is 2. The molecule has 4 N–H and O–H groups in total. The number of phosphoric ester groups is 1. The van der Waals surface area contributed by atoms with Gasteiger partial charge < -0.3 is 25.0 Å². The van der Waals surface area contributed by atoms with E-state index in [4.69, 9.17) is 20.3 Å². The highest BCUT2D eigenvalue weighted by Crippen LogP contribution is 2.38. The summed E-state index contributed by atoms with van der Waals surface area (Å²) in [4.78, 5) is 17.6. The molecule has 0 amide bonds. The van der Waals surface area contributed by atoms with E-state index in [1.807, 2.05) is 0 Å². The topological polar surface area (TPSA) is 111 Å². The van der Waals surface area contributed by atoms with E-state index >= 15 is 0 Å². The first-order valence-electron chi connectivity index (χ1n) is 10.6. The summed E-state index contributed by atoms with van der Waals surface area (Å²) < 4.78 is 102. The van der Waals surface area contributed by atoms with E-state index in [0.29, 0.717) is 5.56 Å². The molecule has 2 rings (SSSR count). The summed E-state index contributed by atoms with van der Waals surface area (Å²) >= 11 is 0. The summed E-state index contributed by atoms with van der Waals surface area (Å²) in [5.41, 5.74) is 4.49. The SMILES string of the molecule is CC(N)(CCc1ccc(OCCCc2cccc(OC(F)(F)F)c2)c(C(F)(F)F)c1)COP(=O)(O)O. The van der Waals surface area contributed by atoms with E-state index in [1.165, 1.54) is 25.1 Å². The molecule has 0 radical (unpaired) electrons. The fraction of sp³-hybridized carbons (Fsp3) is 0.455. The first kappa shape index (κ1) is 29.9. The maximum absolute atomic E-state index is 13.6. The van der Waals surface area contributed by atoms with Gasteiger partial charge in [0.05, 0.1) is 18.8 Å². The van der Waals surface area contributed by atoms with Crippen LogP contribution in [0.2, 0.25) is 0 Å². The molecule has 14 heteroatoms. The van der Waals surface area contributed by atoms with Crippen LogP contribution in [0.4, 0.5) is 26.3 Å². The summed E-state index contributed by atoms with van der Waals surface area (Å²) in [6, 6.07) is 8.77. The average Bonchev–Trinajstić information content (AvgIpc) is 2.72. The van der Waals surface area contributed by atoms with Gasteiger partial charge in [-0.05, 0) is 68.0 Å². The molecule has 0 aliphatic rings. The van der Waals surface area contributed by atoms with Crippen LogP contribution in [0, 0.1) is 0 Å². The maximum Gasteiger partial charge on any atom is 0.573 e. The molecule has 0 aliphatic heterocycles. The molecule has 0 saturated heterocycles. The summed E-state index contributed by atoms with van der Waals surface area (Å²) in [5.74, 6) is -0.793. The van der Waals surface area contributed by atoms with Crippen molar-refractivity contribution in [3.05, 3.63) is 59.2 Å². The number of hydrogen-bond donors (Lipinski definition) is 3. The highest BCUT2D eigenvalue weighted by molar-refractivity contribution is 7.46. The molecule has 0 bridgehead atoms. The van der Waals surface area contributed by atoms with Gasteiger partial charge in [-0.15, -0.1) is 13.2 Å². The Morgan fingerprint density at radius 1 is 0.972 bits per heavy atom. The van der Waals surface area contributed by atoms with Gasteiger partial charge in [-0.2, -0.15) is 13.2 Å².